The maximum atomic E-state index is 12.4. The first-order valence-corrected chi connectivity index (χ1v) is 6.57. The summed E-state index contributed by atoms with van der Waals surface area (Å²) >= 11 is 5.83. The van der Waals surface area contributed by atoms with Gasteiger partial charge in [-0.2, -0.15) is 0 Å². The van der Waals surface area contributed by atoms with Gasteiger partial charge in [0.1, 0.15) is 5.56 Å². The predicted molar refractivity (Wildman–Crippen MR) is 75.6 cm³/mol. The number of benzene rings is 1. The summed E-state index contributed by atoms with van der Waals surface area (Å²) in [4.78, 5) is 24.3. The average molecular weight is 293 g/mol. The number of amides is 1. The van der Waals surface area contributed by atoms with Gasteiger partial charge < -0.3 is 4.90 Å². The first-order valence-electron chi connectivity index (χ1n) is 6.19. The molecule has 6 heteroatoms. The molecule has 0 spiro atoms. The van der Waals surface area contributed by atoms with E-state index >= 15 is 0 Å². The molecule has 1 aliphatic rings. The Morgan fingerprint density at radius 3 is 2.80 bits per heavy atom. The van der Waals surface area contributed by atoms with Crippen molar-refractivity contribution in [1.82, 2.24) is 4.90 Å². The lowest BCUT2D eigenvalue weighted by molar-refractivity contribution is -0.385. The van der Waals surface area contributed by atoms with Gasteiger partial charge in [0.15, 0.2) is 0 Å². The maximum Gasteiger partial charge on any atom is 0.282 e. The van der Waals surface area contributed by atoms with Crippen LogP contribution >= 0.6 is 11.6 Å². The highest BCUT2D eigenvalue weighted by Gasteiger charge is 2.30. The molecule has 2 rings (SSSR count). The standard InChI is InChI=1S/C14H13ClN2O3/c1-2-7-16(9-10-3-4-10)14(18)12-8-11(15)5-6-13(12)17(19)20/h1,5-6,8,10H,3-4,7,9H2. The van der Waals surface area contributed by atoms with Gasteiger partial charge in [0.05, 0.1) is 11.5 Å². The van der Waals surface area contributed by atoms with E-state index in [2.05, 4.69) is 5.92 Å². The van der Waals surface area contributed by atoms with Gasteiger partial charge >= 0.3 is 0 Å². The molecule has 1 fully saturated rings. The van der Waals surface area contributed by atoms with Gasteiger partial charge in [-0.1, -0.05) is 17.5 Å². The molecule has 0 unspecified atom stereocenters. The smallest absolute Gasteiger partial charge is 0.282 e. The van der Waals surface area contributed by atoms with E-state index in [0.29, 0.717) is 12.5 Å². The molecule has 1 aromatic carbocycles. The maximum absolute atomic E-state index is 12.4. The van der Waals surface area contributed by atoms with Crippen LogP contribution in [0.3, 0.4) is 0 Å². The molecule has 20 heavy (non-hydrogen) atoms. The number of nitro groups is 1. The van der Waals surface area contributed by atoms with E-state index in [4.69, 9.17) is 18.0 Å². The number of carbonyl (C=O) groups excluding carboxylic acids is 1. The highest BCUT2D eigenvalue weighted by molar-refractivity contribution is 6.31. The molecule has 0 aromatic heterocycles. The number of nitrogens with zero attached hydrogens (tertiary/aromatic N) is 2. The van der Waals surface area contributed by atoms with Crippen molar-refractivity contribution in [3.8, 4) is 12.3 Å². The van der Waals surface area contributed by atoms with Crippen LogP contribution in [0.1, 0.15) is 23.2 Å². The second-order valence-corrected chi connectivity index (χ2v) is 5.19. The van der Waals surface area contributed by atoms with Gasteiger partial charge in [-0.05, 0) is 30.9 Å². The predicted octanol–water partition coefficient (Wildman–Crippen LogP) is 2.73. The third-order valence-electron chi connectivity index (χ3n) is 3.13. The number of hydrogen-bond donors (Lipinski definition) is 0. The van der Waals surface area contributed by atoms with Crippen molar-refractivity contribution < 1.29 is 9.72 Å². The van der Waals surface area contributed by atoms with Crippen molar-refractivity contribution in [2.24, 2.45) is 5.92 Å². The van der Waals surface area contributed by atoms with E-state index in [9.17, 15) is 14.9 Å². The van der Waals surface area contributed by atoms with Crippen molar-refractivity contribution in [2.45, 2.75) is 12.8 Å². The Bertz CT molecular complexity index is 591. The summed E-state index contributed by atoms with van der Waals surface area (Å²) in [6.07, 6.45) is 7.39. The molecule has 5 nitrogen and oxygen atoms in total. The molecule has 0 aliphatic heterocycles. The number of carbonyl (C=O) groups is 1. The van der Waals surface area contributed by atoms with Crippen LogP contribution in [0.5, 0.6) is 0 Å². The fraction of sp³-hybridized carbons (Fsp3) is 0.357. The molecule has 0 atom stereocenters. The van der Waals surface area contributed by atoms with E-state index in [1.165, 1.54) is 23.1 Å². The summed E-state index contributed by atoms with van der Waals surface area (Å²) in [5.41, 5.74) is -0.268. The Hall–Kier alpha value is -2.06. The number of hydrogen-bond acceptors (Lipinski definition) is 3. The minimum absolute atomic E-state index is 0.0154. The van der Waals surface area contributed by atoms with Gasteiger partial charge in [0.25, 0.3) is 11.6 Å². The molecule has 1 aromatic rings. The third kappa shape index (κ3) is 3.28. The second kappa shape index (κ2) is 5.93. The quantitative estimate of drug-likeness (QED) is 0.476. The van der Waals surface area contributed by atoms with Crippen molar-refractivity contribution in [1.29, 1.82) is 0 Å². The highest BCUT2D eigenvalue weighted by Crippen LogP contribution is 2.31. The zero-order valence-electron chi connectivity index (χ0n) is 10.7. The van der Waals surface area contributed by atoms with Crippen LogP contribution < -0.4 is 0 Å². The Morgan fingerprint density at radius 2 is 2.25 bits per heavy atom. The normalized spacial score (nSPS) is 13.6. The highest BCUT2D eigenvalue weighted by atomic mass is 35.5. The Balaban J connectivity index is 2.31. The summed E-state index contributed by atoms with van der Waals surface area (Å²) in [5.74, 6) is 2.43. The monoisotopic (exact) mass is 292 g/mol. The molecule has 0 radical (unpaired) electrons. The van der Waals surface area contributed by atoms with Crippen LogP contribution in [-0.2, 0) is 0 Å². The summed E-state index contributed by atoms with van der Waals surface area (Å²) in [6.45, 7) is 0.672. The summed E-state index contributed by atoms with van der Waals surface area (Å²) in [6, 6.07) is 3.95. The molecule has 0 bridgehead atoms. The largest absolute Gasteiger partial charge is 0.327 e. The van der Waals surface area contributed by atoms with Crippen LogP contribution in [0.15, 0.2) is 18.2 Å². The lowest BCUT2D eigenvalue weighted by Gasteiger charge is -2.20. The van der Waals surface area contributed by atoms with Gasteiger partial charge in [0, 0.05) is 17.6 Å². The first-order chi connectivity index (χ1) is 9.52. The van der Waals surface area contributed by atoms with E-state index in [-0.39, 0.29) is 22.8 Å². The molecule has 0 heterocycles. The molecule has 1 amide bonds. The first kappa shape index (κ1) is 14.4. The molecule has 1 saturated carbocycles. The minimum atomic E-state index is -0.589. The number of terminal acetylenes is 1. The van der Waals surface area contributed by atoms with Crippen LogP contribution in [0, 0.1) is 28.4 Å². The van der Waals surface area contributed by atoms with Gasteiger partial charge in [-0.3, -0.25) is 14.9 Å². The van der Waals surface area contributed by atoms with Crippen molar-refractivity contribution in [3.63, 3.8) is 0 Å². The Morgan fingerprint density at radius 1 is 1.55 bits per heavy atom. The third-order valence-corrected chi connectivity index (χ3v) is 3.37. The molecule has 104 valence electrons. The van der Waals surface area contributed by atoms with E-state index < -0.39 is 10.8 Å². The lowest BCUT2D eigenvalue weighted by atomic mass is 10.1. The topological polar surface area (TPSA) is 63.5 Å². The number of nitro benzene ring substituents is 1. The number of rotatable bonds is 5. The summed E-state index contributed by atoms with van der Waals surface area (Å²) < 4.78 is 0. The molecular formula is C14H13ClN2O3. The molecule has 1 aliphatic carbocycles. The van der Waals surface area contributed by atoms with Crippen molar-refractivity contribution in [3.05, 3.63) is 38.9 Å². The van der Waals surface area contributed by atoms with E-state index in [1.54, 1.807) is 0 Å². The molecule has 0 N–H and O–H groups in total. The van der Waals surface area contributed by atoms with Crippen LogP contribution in [-0.4, -0.2) is 28.8 Å². The lowest BCUT2D eigenvalue weighted by Crippen LogP contribution is -2.33. The van der Waals surface area contributed by atoms with Gasteiger partial charge in [0.2, 0.25) is 0 Å². The molecular weight excluding hydrogens is 280 g/mol. The average Bonchev–Trinajstić information content (AvgIpc) is 3.21. The number of halogens is 1. The Labute approximate surface area is 121 Å². The fourth-order valence-electron chi connectivity index (χ4n) is 1.95. The fourth-order valence-corrected chi connectivity index (χ4v) is 2.12. The van der Waals surface area contributed by atoms with E-state index in [0.717, 1.165) is 12.8 Å². The summed E-state index contributed by atoms with van der Waals surface area (Å²) in [5, 5.41) is 11.3. The van der Waals surface area contributed by atoms with Crippen LogP contribution in [0.4, 0.5) is 5.69 Å². The van der Waals surface area contributed by atoms with Gasteiger partial charge in [-0.15, -0.1) is 6.42 Å². The molecule has 0 saturated heterocycles. The SMILES string of the molecule is C#CCN(CC1CC1)C(=O)c1cc(Cl)ccc1[N+](=O)[O-]. The van der Waals surface area contributed by atoms with Crippen LogP contribution in [0.25, 0.3) is 0 Å². The zero-order chi connectivity index (χ0) is 14.7. The second-order valence-electron chi connectivity index (χ2n) is 4.75. The zero-order valence-corrected chi connectivity index (χ0v) is 11.5. The van der Waals surface area contributed by atoms with Crippen LogP contribution in [0.2, 0.25) is 5.02 Å². The summed E-state index contributed by atoms with van der Waals surface area (Å²) in [7, 11) is 0. The van der Waals surface area contributed by atoms with E-state index in [1.807, 2.05) is 0 Å². The Kier molecular flexibility index (Phi) is 4.26. The van der Waals surface area contributed by atoms with Gasteiger partial charge in [-0.25, -0.2) is 0 Å². The minimum Gasteiger partial charge on any atom is -0.327 e. The van der Waals surface area contributed by atoms with Crippen molar-refractivity contribution in [2.75, 3.05) is 13.1 Å². The van der Waals surface area contributed by atoms with Crippen molar-refractivity contribution >= 4 is 23.2 Å².